The zero-order valence-corrected chi connectivity index (χ0v) is 18.4. The van der Waals surface area contributed by atoms with Crippen LogP contribution in [0.3, 0.4) is 0 Å². The van der Waals surface area contributed by atoms with Gasteiger partial charge in [-0.25, -0.2) is 0 Å². The lowest BCUT2D eigenvalue weighted by molar-refractivity contribution is 0.0939. The standard InChI is InChI=1S/C28H27NO3/c1-3-31-27-16-14-24(28(30)29-20(2)21-9-5-4-6-10-21)17-25(27)19-32-26-15-13-22-11-7-8-12-23(22)18-26/h4-18,20H,3,19H2,1-2H3,(H,29,30)/t20-/m1/s1. The summed E-state index contributed by atoms with van der Waals surface area (Å²) in [6.45, 7) is 4.77. The fourth-order valence-electron chi connectivity index (χ4n) is 3.65. The molecule has 0 heterocycles. The summed E-state index contributed by atoms with van der Waals surface area (Å²) in [6, 6.07) is 29.5. The van der Waals surface area contributed by atoms with Crippen molar-refractivity contribution in [3.8, 4) is 11.5 Å². The number of carbonyl (C=O) groups is 1. The number of fused-ring (bicyclic) bond motifs is 1. The van der Waals surface area contributed by atoms with E-state index in [2.05, 4.69) is 17.4 Å². The molecule has 0 aliphatic heterocycles. The summed E-state index contributed by atoms with van der Waals surface area (Å²) in [5.74, 6) is 1.37. The van der Waals surface area contributed by atoms with Gasteiger partial charge in [0.2, 0.25) is 0 Å². The van der Waals surface area contributed by atoms with Crippen molar-refractivity contribution >= 4 is 16.7 Å². The number of hydrogen-bond acceptors (Lipinski definition) is 3. The number of carbonyl (C=O) groups excluding carboxylic acids is 1. The van der Waals surface area contributed by atoms with E-state index < -0.39 is 0 Å². The van der Waals surface area contributed by atoms with Gasteiger partial charge in [-0.05, 0) is 60.5 Å². The van der Waals surface area contributed by atoms with E-state index in [0.29, 0.717) is 18.8 Å². The average molecular weight is 426 g/mol. The third-order valence-electron chi connectivity index (χ3n) is 5.38. The monoisotopic (exact) mass is 425 g/mol. The summed E-state index contributed by atoms with van der Waals surface area (Å²) in [5.41, 5.74) is 2.47. The SMILES string of the molecule is CCOc1ccc(C(=O)N[C@H](C)c2ccccc2)cc1COc1ccc2ccccc2c1. The summed E-state index contributed by atoms with van der Waals surface area (Å²) in [5, 5.41) is 5.36. The number of amides is 1. The van der Waals surface area contributed by atoms with Crippen molar-refractivity contribution in [1.82, 2.24) is 5.32 Å². The molecule has 1 N–H and O–H groups in total. The lowest BCUT2D eigenvalue weighted by Gasteiger charge is -2.16. The molecule has 162 valence electrons. The molecule has 0 aliphatic carbocycles. The van der Waals surface area contributed by atoms with Crippen LogP contribution in [0, 0.1) is 0 Å². The molecule has 1 atom stereocenters. The molecule has 4 rings (SSSR count). The minimum Gasteiger partial charge on any atom is -0.493 e. The summed E-state index contributed by atoms with van der Waals surface area (Å²) >= 11 is 0. The second kappa shape index (κ2) is 10.0. The van der Waals surface area contributed by atoms with Crippen LogP contribution in [0.1, 0.15) is 41.4 Å². The van der Waals surface area contributed by atoms with Crippen LogP contribution in [0.5, 0.6) is 11.5 Å². The molecular weight excluding hydrogens is 398 g/mol. The van der Waals surface area contributed by atoms with Gasteiger partial charge in [0.05, 0.1) is 12.6 Å². The molecule has 4 heteroatoms. The molecule has 0 radical (unpaired) electrons. The van der Waals surface area contributed by atoms with Gasteiger partial charge in [0, 0.05) is 11.1 Å². The quantitative estimate of drug-likeness (QED) is 0.360. The number of benzene rings is 4. The first kappa shape index (κ1) is 21.4. The highest BCUT2D eigenvalue weighted by atomic mass is 16.5. The van der Waals surface area contributed by atoms with Crippen LogP contribution in [0.4, 0.5) is 0 Å². The predicted octanol–water partition coefficient (Wildman–Crippen LogP) is 6.31. The van der Waals surface area contributed by atoms with E-state index in [9.17, 15) is 4.79 Å². The van der Waals surface area contributed by atoms with Crippen molar-refractivity contribution in [2.24, 2.45) is 0 Å². The van der Waals surface area contributed by atoms with Gasteiger partial charge in [0.25, 0.3) is 5.91 Å². The molecule has 0 aromatic heterocycles. The normalized spacial score (nSPS) is 11.7. The molecule has 0 saturated heterocycles. The summed E-state index contributed by atoms with van der Waals surface area (Å²) in [4.78, 5) is 12.9. The Kier molecular flexibility index (Phi) is 6.71. The molecule has 0 unspecified atom stereocenters. The van der Waals surface area contributed by atoms with Crippen LogP contribution < -0.4 is 14.8 Å². The van der Waals surface area contributed by atoms with E-state index in [1.54, 1.807) is 6.07 Å². The van der Waals surface area contributed by atoms with Crippen molar-refractivity contribution in [3.05, 3.63) is 108 Å². The van der Waals surface area contributed by atoms with Gasteiger partial charge in [-0.3, -0.25) is 4.79 Å². The number of rotatable bonds is 8. The van der Waals surface area contributed by atoms with Crippen LogP contribution >= 0.6 is 0 Å². The van der Waals surface area contributed by atoms with Crippen molar-refractivity contribution in [2.45, 2.75) is 26.5 Å². The van der Waals surface area contributed by atoms with Crippen LogP contribution in [0.15, 0.2) is 91.0 Å². The molecule has 32 heavy (non-hydrogen) atoms. The van der Waals surface area contributed by atoms with Crippen LogP contribution in [0.25, 0.3) is 10.8 Å². The van der Waals surface area contributed by atoms with Crippen LogP contribution in [-0.4, -0.2) is 12.5 Å². The molecule has 0 spiro atoms. The maximum absolute atomic E-state index is 12.9. The Morgan fingerprint density at radius 3 is 2.38 bits per heavy atom. The van der Waals surface area contributed by atoms with E-state index >= 15 is 0 Å². The molecule has 4 aromatic rings. The van der Waals surface area contributed by atoms with E-state index in [1.807, 2.05) is 86.6 Å². The topological polar surface area (TPSA) is 47.6 Å². The van der Waals surface area contributed by atoms with E-state index in [0.717, 1.165) is 28.0 Å². The fraction of sp³-hybridized carbons (Fsp3) is 0.179. The molecule has 4 aromatic carbocycles. The summed E-state index contributed by atoms with van der Waals surface area (Å²) < 4.78 is 11.8. The van der Waals surface area contributed by atoms with Gasteiger partial charge >= 0.3 is 0 Å². The molecule has 1 amide bonds. The third-order valence-corrected chi connectivity index (χ3v) is 5.38. The molecular formula is C28H27NO3. The van der Waals surface area contributed by atoms with Gasteiger partial charge in [-0.1, -0.05) is 60.7 Å². The maximum atomic E-state index is 12.9. The highest BCUT2D eigenvalue weighted by molar-refractivity contribution is 5.94. The number of ether oxygens (including phenoxy) is 2. The second-order valence-electron chi connectivity index (χ2n) is 7.66. The van der Waals surface area contributed by atoms with Crippen LogP contribution in [0.2, 0.25) is 0 Å². The van der Waals surface area contributed by atoms with Crippen molar-refractivity contribution < 1.29 is 14.3 Å². The third kappa shape index (κ3) is 5.09. The predicted molar refractivity (Wildman–Crippen MR) is 128 cm³/mol. The second-order valence-corrected chi connectivity index (χ2v) is 7.66. The Morgan fingerprint density at radius 1 is 0.844 bits per heavy atom. The minimum atomic E-state index is -0.128. The first-order valence-corrected chi connectivity index (χ1v) is 10.9. The summed E-state index contributed by atoms with van der Waals surface area (Å²) in [6.07, 6.45) is 0. The van der Waals surface area contributed by atoms with Gasteiger partial charge in [0.1, 0.15) is 18.1 Å². The van der Waals surface area contributed by atoms with Crippen molar-refractivity contribution in [2.75, 3.05) is 6.61 Å². The Morgan fingerprint density at radius 2 is 1.59 bits per heavy atom. The van der Waals surface area contributed by atoms with Crippen molar-refractivity contribution in [1.29, 1.82) is 0 Å². The number of hydrogen-bond donors (Lipinski definition) is 1. The fourth-order valence-corrected chi connectivity index (χ4v) is 3.65. The molecule has 0 fully saturated rings. The lowest BCUT2D eigenvalue weighted by Crippen LogP contribution is -2.26. The first-order chi connectivity index (χ1) is 15.6. The van der Waals surface area contributed by atoms with Crippen LogP contribution in [-0.2, 0) is 6.61 Å². The lowest BCUT2D eigenvalue weighted by atomic mass is 10.1. The maximum Gasteiger partial charge on any atom is 0.251 e. The molecule has 0 saturated carbocycles. The molecule has 0 aliphatic rings. The van der Waals surface area contributed by atoms with Gasteiger partial charge in [-0.2, -0.15) is 0 Å². The van der Waals surface area contributed by atoms with E-state index in [-0.39, 0.29) is 11.9 Å². The Balaban J connectivity index is 1.51. The van der Waals surface area contributed by atoms with Gasteiger partial charge in [0.15, 0.2) is 0 Å². The Hall–Kier alpha value is -3.79. The summed E-state index contributed by atoms with van der Waals surface area (Å²) in [7, 11) is 0. The Labute approximate surface area is 188 Å². The molecule has 4 nitrogen and oxygen atoms in total. The first-order valence-electron chi connectivity index (χ1n) is 10.9. The van der Waals surface area contributed by atoms with E-state index in [1.165, 1.54) is 5.39 Å². The smallest absolute Gasteiger partial charge is 0.251 e. The van der Waals surface area contributed by atoms with Gasteiger partial charge < -0.3 is 14.8 Å². The van der Waals surface area contributed by atoms with Gasteiger partial charge in [-0.15, -0.1) is 0 Å². The van der Waals surface area contributed by atoms with Crippen molar-refractivity contribution in [3.63, 3.8) is 0 Å². The average Bonchev–Trinajstić information content (AvgIpc) is 2.84. The number of nitrogens with one attached hydrogen (secondary N) is 1. The Bertz CT molecular complexity index is 1200. The molecule has 0 bridgehead atoms. The van der Waals surface area contributed by atoms with E-state index in [4.69, 9.17) is 9.47 Å². The largest absolute Gasteiger partial charge is 0.493 e. The zero-order chi connectivity index (χ0) is 22.3. The highest BCUT2D eigenvalue weighted by Gasteiger charge is 2.14. The highest BCUT2D eigenvalue weighted by Crippen LogP contribution is 2.25. The zero-order valence-electron chi connectivity index (χ0n) is 18.4. The minimum absolute atomic E-state index is 0.0902.